The van der Waals surface area contributed by atoms with E-state index in [2.05, 4.69) is 66.4 Å². The molecule has 1 aromatic rings. The van der Waals surface area contributed by atoms with Gasteiger partial charge in [0.1, 0.15) is 0 Å². The van der Waals surface area contributed by atoms with Crippen molar-refractivity contribution in [2.45, 2.75) is 37.6 Å². The Morgan fingerprint density at radius 1 is 1.18 bits per heavy atom. The number of rotatable bonds is 7. The summed E-state index contributed by atoms with van der Waals surface area (Å²) in [5.41, 5.74) is 0. The highest BCUT2D eigenvalue weighted by atomic mass is 79.9. The van der Waals surface area contributed by atoms with Crippen molar-refractivity contribution >= 4 is 27.7 Å². The molecule has 0 amide bonds. The molecule has 0 fully saturated rings. The van der Waals surface area contributed by atoms with E-state index < -0.39 is 0 Å². The first-order valence-corrected chi connectivity index (χ1v) is 7.95. The maximum Gasteiger partial charge on any atom is 0.0176 e. The highest BCUT2D eigenvalue weighted by Gasteiger charge is 2.07. The Kier molecular flexibility index (Phi) is 7.24. The van der Waals surface area contributed by atoms with Gasteiger partial charge in [-0.1, -0.05) is 29.8 Å². The second kappa shape index (κ2) is 8.17. The van der Waals surface area contributed by atoms with Crippen LogP contribution in [-0.4, -0.2) is 18.8 Å². The Balaban J connectivity index is 2.34. The fourth-order valence-corrected chi connectivity index (χ4v) is 2.89. The summed E-state index contributed by atoms with van der Waals surface area (Å²) in [6, 6.07) is 9.16. The predicted molar refractivity (Wildman–Crippen MR) is 81.8 cm³/mol. The van der Waals surface area contributed by atoms with Crippen molar-refractivity contribution in [1.29, 1.82) is 0 Å². The van der Waals surface area contributed by atoms with Gasteiger partial charge in [-0.25, -0.2) is 0 Å². The molecule has 1 aromatic carbocycles. The first-order valence-electron chi connectivity index (χ1n) is 6.17. The third-order valence-corrected chi connectivity index (χ3v) is 4.47. The molecule has 0 radical (unpaired) electrons. The molecular weight excluding hydrogens is 294 g/mol. The van der Waals surface area contributed by atoms with Gasteiger partial charge in [-0.05, 0) is 50.1 Å². The number of hydrogen-bond donors (Lipinski definition) is 1. The van der Waals surface area contributed by atoms with E-state index in [9.17, 15) is 0 Å². The summed E-state index contributed by atoms with van der Waals surface area (Å²) in [4.78, 5) is 1.35. The van der Waals surface area contributed by atoms with Crippen molar-refractivity contribution in [2.75, 3.05) is 12.8 Å². The number of benzene rings is 1. The van der Waals surface area contributed by atoms with Crippen LogP contribution in [0, 0.1) is 5.92 Å². The zero-order chi connectivity index (χ0) is 12.7. The monoisotopic (exact) mass is 315 g/mol. The lowest BCUT2D eigenvalue weighted by molar-refractivity contribution is 0.479. The maximum atomic E-state index is 3.46. The smallest absolute Gasteiger partial charge is 0.0176 e. The Morgan fingerprint density at radius 2 is 1.82 bits per heavy atom. The third kappa shape index (κ3) is 6.49. The SMILES string of the molecule is CNC(CCC(C)C)CSc1ccc(Br)cc1. The minimum absolute atomic E-state index is 0.617. The van der Waals surface area contributed by atoms with E-state index in [1.807, 2.05) is 11.8 Å². The van der Waals surface area contributed by atoms with Crippen molar-refractivity contribution in [1.82, 2.24) is 5.32 Å². The molecule has 0 aliphatic rings. The molecule has 0 saturated heterocycles. The largest absolute Gasteiger partial charge is 0.316 e. The first-order chi connectivity index (χ1) is 8.11. The van der Waals surface area contributed by atoms with Crippen LogP contribution in [0.4, 0.5) is 0 Å². The zero-order valence-electron chi connectivity index (χ0n) is 10.9. The molecule has 1 rings (SSSR count). The molecule has 0 aliphatic carbocycles. The topological polar surface area (TPSA) is 12.0 Å². The fraction of sp³-hybridized carbons (Fsp3) is 0.571. The molecular formula is C14H22BrNS. The molecule has 3 heteroatoms. The van der Waals surface area contributed by atoms with Crippen LogP contribution in [0.2, 0.25) is 0 Å². The van der Waals surface area contributed by atoms with Crippen molar-refractivity contribution < 1.29 is 0 Å². The van der Waals surface area contributed by atoms with E-state index in [4.69, 9.17) is 0 Å². The minimum Gasteiger partial charge on any atom is -0.316 e. The summed E-state index contributed by atoms with van der Waals surface area (Å²) in [7, 11) is 2.06. The molecule has 1 nitrogen and oxygen atoms in total. The molecule has 96 valence electrons. The number of nitrogens with one attached hydrogen (secondary N) is 1. The highest BCUT2D eigenvalue weighted by molar-refractivity contribution is 9.10. The Morgan fingerprint density at radius 3 is 2.35 bits per heavy atom. The molecule has 1 unspecified atom stereocenters. The summed E-state index contributed by atoms with van der Waals surface area (Å²) < 4.78 is 1.15. The molecule has 0 aromatic heterocycles. The highest BCUT2D eigenvalue weighted by Crippen LogP contribution is 2.22. The van der Waals surface area contributed by atoms with Crippen LogP contribution < -0.4 is 5.32 Å². The minimum atomic E-state index is 0.617. The van der Waals surface area contributed by atoms with Gasteiger partial charge in [0.25, 0.3) is 0 Å². The lowest BCUT2D eigenvalue weighted by Gasteiger charge is -2.16. The van der Waals surface area contributed by atoms with Gasteiger partial charge < -0.3 is 5.32 Å². The van der Waals surface area contributed by atoms with Crippen LogP contribution in [0.1, 0.15) is 26.7 Å². The second-order valence-corrected chi connectivity index (χ2v) is 6.73. The van der Waals surface area contributed by atoms with Crippen molar-refractivity contribution in [3.8, 4) is 0 Å². The van der Waals surface area contributed by atoms with Crippen molar-refractivity contribution in [3.63, 3.8) is 0 Å². The normalized spacial score (nSPS) is 13.0. The average molecular weight is 316 g/mol. The Hall–Kier alpha value is 0.01000. The van der Waals surface area contributed by atoms with E-state index in [1.165, 1.54) is 17.7 Å². The Bertz CT molecular complexity index is 311. The average Bonchev–Trinajstić information content (AvgIpc) is 2.31. The lowest BCUT2D eigenvalue weighted by Crippen LogP contribution is -2.28. The van der Waals surface area contributed by atoms with Gasteiger partial charge in [0, 0.05) is 21.2 Å². The van der Waals surface area contributed by atoms with Gasteiger partial charge in [-0.2, -0.15) is 0 Å². The van der Waals surface area contributed by atoms with Crippen molar-refractivity contribution in [2.24, 2.45) is 5.92 Å². The summed E-state index contributed by atoms with van der Waals surface area (Å²) in [5, 5.41) is 3.41. The van der Waals surface area contributed by atoms with Gasteiger partial charge in [0.15, 0.2) is 0 Å². The molecule has 0 heterocycles. The quantitative estimate of drug-likeness (QED) is 0.740. The van der Waals surface area contributed by atoms with E-state index in [0.717, 1.165) is 16.1 Å². The van der Waals surface area contributed by atoms with E-state index in [1.54, 1.807) is 0 Å². The lowest BCUT2D eigenvalue weighted by atomic mass is 10.0. The number of thioether (sulfide) groups is 1. The summed E-state index contributed by atoms with van der Waals surface area (Å²) in [6.07, 6.45) is 2.56. The van der Waals surface area contributed by atoms with Gasteiger partial charge in [-0.3, -0.25) is 0 Å². The standard InChI is InChI=1S/C14H22BrNS/c1-11(2)4-7-13(16-3)10-17-14-8-5-12(15)6-9-14/h5-6,8-9,11,13,16H,4,7,10H2,1-3H3. The fourth-order valence-electron chi connectivity index (χ4n) is 1.57. The molecule has 0 spiro atoms. The van der Waals surface area contributed by atoms with Gasteiger partial charge >= 0.3 is 0 Å². The molecule has 0 aliphatic heterocycles. The van der Waals surface area contributed by atoms with Crippen LogP contribution in [0.25, 0.3) is 0 Å². The third-order valence-electron chi connectivity index (χ3n) is 2.77. The van der Waals surface area contributed by atoms with Crippen LogP contribution >= 0.6 is 27.7 Å². The van der Waals surface area contributed by atoms with Crippen LogP contribution in [-0.2, 0) is 0 Å². The van der Waals surface area contributed by atoms with Gasteiger partial charge in [-0.15, -0.1) is 11.8 Å². The number of hydrogen-bond acceptors (Lipinski definition) is 2. The molecule has 0 saturated carbocycles. The molecule has 17 heavy (non-hydrogen) atoms. The maximum absolute atomic E-state index is 3.46. The molecule has 0 bridgehead atoms. The van der Waals surface area contributed by atoms with Crippen LogP contribution in [0.15, 0.2) is 33.6 Å². The van der Waals surface area contributed by atoms with Crippen molar-refractivity contribution in [3.05, 3.63) is 28.7 Å². The Labute approximate surface area is 118 Å². The van der Waals surface area contributed by atoms with E-state index in [-0.39, 0.29) is 0 Å². The van der Waals surface area contributed by atoms with E-state index >= 15 is 0 Å². The predicted octanol–water partition coefficient (Wildman–Crippen LogP) is 4.57. The summed E-state index contributed by atoms with van der Waals surface area (Å²) in [6.45, 7) is 4.57. The number of halogens is 1. The van der Waals surface area contributed by atoms with Crippen LogP contribution in [0.5, 0.6) is 0 Å². The van der Waals surface area contributed by atoms with Gasteiger partial charge in [0.05, 0.1) is 0 Å². The molecule has 1 N–H and O–H groups in total. The second-order valence-electron chi connectivity index (χ2n) is 4.72. The molecule has 1 atom stereocenters. The first kappa shape index (κ1) is 15.1. The van der Waals surface area contributed by atoms with Crippen LogP contribution in [0.3, 0.4) is 0 Å². The summed E-state index contributed by atoms with van der Waals surface area (Å²) in [5.74, 6) is 1.94. The summed E-state index contributed by atoms with van der Waals surface area (Å²) >= 11 is 5.39. The zero-order valence-corrected chi connectivity index (χ0v) is 13.3. The van der Waals surface area contributed by atoms with E-state index in [0.29, 0.717) is 6.04 Å². The van der Waals surface area contributed by atoms with Gasteiger partial charge in [0.2, 0.25) is 0 Å².